The fourth-order valence-electron chi connectivity index (χ4n) is 2.22. The number of ether oxygens (including phenoxy) is 1. The monoisotopic (exact) mass is 349 g/mol. The molecule has 1 atom stereocenters. The van der Waals surface area contributed by atoms with E-state index in [2.05, 4.69) is 19.2 Å². The number of rotatable bonds is 9. The lowest BCUT2D eigenvalue weighted by atomic mass is 10.0. The van der Waals surface area contributed by atoms with Gasteiger partial charge < -0.3 is 15.0 Å². The van der Waals surface area contributed by atoms with Crippen LogP contribution >= 0.6 is 0 Å². The van der Waals surface area contributed by atoms with Gasteiger partial charge in [-0.25, -0.2) is 0 Å². The van der Waals surface area contributed by atoms with Crippen molar-refractivity contribution in [2.45, 2.75) is 39.3 Å². The molecule has 0 spiro atoms. The van der Waals surface area contributed by atoms with Crippen molar-refractivity contribution in [3.05, 3.63) is 29.8 Å². The molecule has 1 N–H and O–H groups in total. The minimum absolute atomic E-state index is 0.0233. The molecular formula is C19H31N3O3. The van der Waals surface area contributed by atoms with E-state index >= 15 is 0 Å². The van der Waals surface area contributed by atoms with E-state index in [0.29, 0.717) is 18.3 Å². The van der Waals surface area contributed by atoms with Gasteiger partial charge in [-0.05, 0) is 33.4 Å². The van der Waals surface area contributed by atoms with Gasteiger partial charge in [0.2, 0.25) is 5.91 Å². The lowest BCUT2D eigenvalue weighted by molar-refractivity contribution is -0.130. The average Bonchev–Trinajstić information content (AvgIpc) is 2.57. The van der Waals surface area contributed by atoms with Crippen molar-refractivity contribution >= 4 is 11.8 Å². The predicted octanol–water partition coefficient (Wildman–Crippen LogP) is 2.06. The van der Waals surface area contributed by atoms with E-state index in [0.717, 1.165) is 12.0 Å². The van der Waals surface area contributed by atoms with Crippen LogP contribution in [0.5, 0.6) is 5.75 Å². The Labute approximate surface area is 151 Å². The standard InChI is InChI=1S/C19H31N3O3/c1-7-16(20-18(23)12-22(6)14(2)3)15-10-8-9-11-17(15)25-13-19(24)21(4)5/h8-11,14,16H,7,12-13H2,1-6H3,(H,20,23)/t16-/m0/s1. The molecule has 0 aliphatic heterocycles. The Morgan fingerprint density at radius 2 is 1.80 bits per heavy atom. The van der Waals surface area contributed by atoms with Gasteiger partial charge in [0.25, 0.3) is 5.91 Å². The second kappa shape index (κ2) is 10.0. The zero-order valence-corrected chi connectivity index (χ0v) is 16.2. The van der Waals surface area contributed by atoms with Gasteiger partial charge in [0.1, 0.15) is 5.75 Å². The maximum atomic E-state index is 12.3. The predicted molar refractivity (Wildman–Crippen MR) is 99.6 cm³/mol. The summed E-state index contributed by atoms with van der Waals surface area (Å²) in [5, 5.41) is 3.06. The van der Waals surface area contributed by atoms with E-state index < -0.39 is 0 Å². The van der Waals surface area contributed by atoms with Crippen molar-refractivity contribution in [1.29, 1.82) is 0 Å². The van der Waals surface area contributed by atoms with E-state index in [1.807, 2.05) is 43.1 Å². The van der Waals surface area contributed by atoms with E-state index in [9.17, 15) is 9.59 Å². The molecule has 0 unspecified atom stereocenters. The first-order valence-electron chi connectivity index (χ1n) is 8.67. The number of likely N-dealkylation sites (N-methyl/N-ethyl adjacent to an activating group) is 2. The van der Waals surface area contributed by atoms with E-state index in [4.69, 9.17) is 4.74 Å². The number of nitrogens with one attached hydrogen (secondary N) is 1. The Balaban J connectivity index is 2.82. The molecule has 0 aliphatic rings. The molecule has 0 aromatic heterocycles. The average molecular weight is 349 g/mol. The molecule has 1 aromatic rings. The Hall–Kier alpha value is -2.08. The zero-order valence-electron chi connectivity index (χ0n) is 16.2. The van der Waals surface area contributed by atoms with Crippen molar-refractivity contribution in [2.75, 3.05) is 34.3 Å². The molecule has 0 aliphatic carbocycles. The third-order valence-corrected chi connectivity index (χ3v) is 4.16. The minimum Gasteiger partial charge on any atom is -0.483 e. The number of hydrogen-bond donors (Lipinski definition) is 1. The van der Waals surface area contributed by atoms with Gasteiger partial charge in [0, 0.05) is 25.7 Å². The molecule has 2 amide bonds. The molecule has 0 bridgehead atoms. The Morgan fingerprint density at radius 3 is 2.36 bits per heavy atom. The van der Waals surface area contributed by atoms with Crippen LogP contribution in [0.4, 0.5) is 0 Å². The highest BCUT2D eigenvalue weighted by molar-refractivity contribution is 5.79. The van der Waals surface area contributed by atoms with Gasteiger partial charge in [-0.1, -0.05) is 25.1 Å². The van der Waals surface area contributed by atoms with Crippen LogP contribution in [0.15, 0.2) is 24.3 Å². The van der Waals surface area contributed by atoms with Crippen LogP contribution in [0.1, 0.15) is 38.8 Å². The first-order valence-corrected chi connectivity index (χ1v) is 8.67. The van der Waals surface area contributed by atoms with E-state index in [1.54, 1.807) is 14.1 Å². The molecule has 6 heteroatoms. The number of benzene rings is 1. The van der Waals surface area contributed by atoms with E-state index in [-0.39, 0.29) is 24.5 Å². The number of hydrogen-bond acceptors (Lipinski definition) is 4. The fraction of sp³-hybridized carbons (Fsp3) is 0.579. The quantitative estimate of drug-likeness (QED) is 0.741. The number of amides is 2. The largest absolute Gasteiger partial charge is 0.483 e. The van der Waals surface area contributed by atoms with Crippen LogP contribution in [0.3, 0.4) is 0 Å². The number of nitrogens with zero attached hydrogens (tertiary/aromatic N) is 2. The van der Waals surface area contributed by atoms with Gasteiger partial charge in [0.05, 0.1) is 12.6 Å². The number of carbonyl (C=O) groups is 2. The highest BCUT2D eigenvalue weighted by Crippen LogP contribution is 2.27. The Kier molecular flexibility index (Phi) is 8.41. The molecule has 0 saturated heterocycles. The highest BCUT2D eigenvalue weighted by atomic mass is 16.5. The Morgan fingerprint density at radius 1 is 1.16 bits per heavy atom. The lowest BCUT2D eigenvalue weighted by Gasteiger charge is -2.24. The minimum atomic E-state index is -0.154. The zero-order chi connectivity index (χ0) is 19.0. The van der Waals surface area contributed by atoms with Crippen molar-refractivity contribution in [2.24, 2.45) is 0 Å². The molecule has 0 fully saturated rings. The van der Waals surface area contributed by atoms with Gasteiger partial charge >= 0.3 is 0 Å². The van der Waals surface area contributed by atoms with E-state index in [1.165, 1.54) is 4.90 Å². The third-order valence-electron chi connectivity index (χ3n) is 4.16. The molecular weight excluding hydrogens is 318 g/mol. The molecule has 0 heterocycles. The highest BCUT2D eigenvalue weighted by Gasteiger charge is 2.19. The first kappa shape index (κ1) is 21.0. The molecule has 1 aromatic carbocycles. The van der Waals surface area contributed by atoms with Crippen molar-refractivity contribution in [3.63, 3.8) is 0 Å². The molecule has 0 saturated carbocycles. The number of carbonyl (C=O) groups excluding carboxylic acids is 2. The maximum Gasteiger partial charge on any atom is 0.259 e. The van der Waals surface area contributed by atoms with Crippen LogP contribution in [-0.4, -0.2) is 62.0 Å². The smallest absolute Gasteiger partial charge is 0.259 e. The summed E-state index contributed by atoms with van der Waals surface area (Å²) < 4.78 is 5.69. The molecule has 1 rings (SSSR count). The summed E-state index contributed by atoms with van der Waals surface area (Å²) in [6.07, 6.45) is 0.735. The summed E-state index contributed by atoms with van der Waals surface area (Å²) >= 11 is 0. The SMILES string of the molecule is CC[C@H](NC(=O)CN(C)C(C)C)c1ccccc1OCC(=O)N(C)C. The second-order valence-corrected chi connectivity index (χ2v) is 6.65. The van der Waals surface area contributed by atoms with Gasteiger partial charge in [-0.15, -0.1) is 0 Å². The number of para-hydroxylation sites is 1. The fourth-order valence-corrected chi connectivity index (χ4v) is 2.22. The van der Waals surface area contributed by atoms with Crippen LogP contribution in [-0.2, 0) is 9.59 Å². The molecule has 0 radical (unpaired) electrons. The third kappa shape index (κ3) is 6.74. The summed E-state index contributed by atoms with van der Waals surface area (Å²) in [4.78, 5) is 27.5. The normalized spacial score (nSPS) is 12.2. The Bertz CT molecular complexity index is 573. The summed E-state index contributed by atoms with van der Waals surface area (Å²) in [6, 6.07) is 7.67. The second-order valence-electron chi connectivity index (χ2n) is 6.65. The summed E-state index contributed by atoms with van der Waals surface area (Å²) in [7, 11) is 5.31. The van der Waals surface area contributed by atoms with Crippen molar-refractivity contribution in [3.8, 4) is 5.75 Å². The summed E-state index contributed by atoms with van der Waals surface area (Å²) in [5.41, 5.74) is 0.886. The van der Waals surface area contributed by atoms with Crippen molar-refractivity contribution < 1.29 is 14.3 Å². The lowest BCUT2D eigenvalue weighted by Crippen LogP contribution is -2.39. The summed E-state index contributed by atoms with van der Waals surface area (Å²) in [5.74, 6) is 0.495. The van der Waals surface area contributed by atoms with Gasteiger partial charge in [-0.2, -0.15) is 0 Å². The topological polar surface area (TPSA) is 61.9 Å². The summed E-state index contributed by atoms with van der Waals surface area (Å²) in [6.45, 7) is 6.44. The molecule has 6 nitrogen and oxygen atoms in total. The van der Waals surface area contributed by atoms with Gasteiger partial charge in [-0.3, -0.25) is 14.5 Å². The van der Waals surface area contributed by atoms with Crippen molar-refractivity contribution in [1.82, 2.24) is 15.1 Å². The van der Waals surface area contributed by atoms with Crippen LogP contribution in [0, 0.1) is 0 Å². The van der Waals surface area contributed by atoms with Crippen LogP contribution in [0.2, 0.25) is 0 Å². The van der Waals surface area contributed by atoms with Crippen LogP contribution in [0.25, 0.3) is 0 Å². The molecule has 25 heavy (non-hydrogen) atoms. The molecule has 140 valence electrons. The van der Waals surface area contributed by atoms with Crippen LogP contribution < -0.4 is 10.1 Å². The maximum absolute atomic E-state index is 12.3. The van der Waals surface area contributed by atoms with Gasteiger partial charge in [0.15, 0.2) is 6.61 Å². The first-order chi connectivity index (χ1) is 11.8.